The van der Waals surface area contributed by atoms with E-state index in [9.17, 15) is 14.4 Å². The molecule has 0 aliphatic rings. The van der Waals surface area contributed by atoms with Crippen LogP contribution < -0.4 is 0 Å². The number of carbonyl (C=O) groups excluding carboxylic acids is 3. The van der Waals surface area contributed by atoms with Crippen LogP contribution in [0.5, 0.6) is 0 Å². The Balaban J connectivity index is 4.50. The standard InChI is InChI=1S/C55H92O6/c1-4-7-10-13-16-19-22-24-26-27-29-30-33-36-39-42-45-48-54(57)60-51-52(50-59-53(56)47-44-41-38-35-32-21-18-15-12-9-6-3)61-55(58)49-46-43-40-37-34-31-28-25-23-20-17-14-11-8-5-2/h9,12,18,20-21,23-24,26,29-30,35-36,38-39,52H,4-8,10-11,13-17,19,22,25,27-28,31-34,37,40-51H2,1-3H3/b12-9-,21-18-,23-20-,26-24-,30-29-,38-35-,39-36-. The highest BCUT2D eigenvalue weighted by Crippen LogP contribution is 2.13. The van der Waals surface area contributed by atoms with Gasteiger partial charge < -0.3 is 14.2 Å². The van der Waals surface area contributed by atoms with E-state index >= 15 is 0 Å². The molecule has 6 heteroatoms. The first-order valence-corrected chi connectivity index (χ1v) is 25.1. The first-order valence-electron chi connectivity index (χ1n) is 25.1. The summed E-state index contributed by atoms with van der Waals surface area (Å²) in [4.78, 5) is 37.8. The fourth-order valence-electron chi connectivity index (χ4n) is 6.59. The van der Waals surface area contributed by atoms with Crippen LogP contribution >= 0.6 is 0 Å². The lowest BCUT2D eigenvalue weighted by Gasteiger charge is -2.18. The maximum Gasteiger partial charge on any atom is 0.306 e. The van der Waals surface area contributed by atoms with E-state index in [1.807, 2.05) is 0 Å². The predicted octanol–water partition coefficient (Wildman–Crippen LogP) is 16.4. The molecule has 348 valence electrons. The summed E-state index contributed by atoms with van der Waals surface area (Å²) in [5.74, 6) is -1.03. The van der Waals surface area contributed by atoms with Crippen molar-refractivity contribution in [3.05, 3.63) is 85.1 Å². The van der Waals surface area contributed by atoms with Crippen molar-refractivity contribution in [3.8, 4) is 0 Å². The Morgan fingerprint density at radius 3 is 1.08 bits per heavy atom. The molecule has 0 aliphatic carbocycles. The van der Waals surface area contributed by atoms with E-state index in [2.05, 4.69) is 106 Å². The number of esters is 3. The summed E-state index contributed by atoms with van der Waals surface area (Å²) in [6.07, 6.45) is 63.0. The topological polar surface area (TPSA) is 78.9 Å². The van der Waals surface area contributed by atoms with Gasteiger partial charge in [0.15, 0.2) is 6.10 Å². The molecule has 0 radical (unpaired) electrons. The molecule has 0 fully saturated rings. The maximum absolute atomic E-state index is 12.8. The third-order valence-electron chi connectivity index (χ3n) is 10.4. The van der Waals surface area contributed by atoms with Crippen molar-refractivity contribution in [2.75, 3.05) is 13.2 Å². The van der Waals surface area contributed by atoms with Crippen LogP contribution in [-0.4, -0.2) is 37.2 Å². The first-order chi connectivity index (χ1) is 30.0. The van der Waals surface area contributed by atoms with Gasteiger partial charge in [-0.3, -0.25) is 14.4 Å². The monoisotopic (exact) mass is 849 g/mol. The van der Waals surface area contributed by atoms with Gasteiger partial charge >= 0.3 is 17.9 Å². The molecule has 0 amide bonds. The molecular weight excluding hydrogens is 757 g/mol. The van der Waals surface area contributed by atoms with Crippen molar-refractivity contribution >= 4 is 17.9 Å². The SMILES string of the molecule is CC/C=C\C/C=C\C/C=C\CCCC(=O)OCC(COC(=O)CCC/C=C\C/C=C\C/C=C\CCCCCCCC)OC(=O)CCCCCCCCC/C=C\CCCCCC. The van der Waals surface area contributed by atoms with Crippen LogP contribution in [0.25, 0.3) is 0 Å². The van der Waals surface area contributed by atoms with Crippen molar-refractivity contribution in [2.45, 2.75) is 232 Å². The number of unbranched alkanes of at least 4 members (excludes halogenated alkanes) is 19. The van der Waals surface area contributed by atoms with E-state index in [0.29, 0.717) is 19.3 Å². The van der Waals surface area contributed by atoms with E-state index in [1.54, 1.807) is 0 Å². The molecule has 1 unspecified atom stereocenters. The number of hydrogen-bond donors (Lipinski definition) is 0. The zero-order valence-corrected chi connectivity index (χ0v) is 39.7. The minimum atomic E-state index is -0.818. The molecule has 0 rings (SSSR count). The summed E-state index contributed by atoms with van der Waals surface area (Å²) >= 11 is 0. The molecular formula is C55H92O6. The molecule has 0 aromatic heterocycles. The molecule has 0 N–H and O–H groups in total. The van der Waals surface area contributed by atoms with E-state index in [-0.39, 0.29) is 44.0 Å². The van der Waals surface area contributed by atoms with E-state index in [4.69, 9.17) is 14.2 Å². The second-order valence-electron chi connectivity index (χ2n) is 16.3. The van der Waals surface area contributed by atoms with E-state index in [0.717, 1.165) is 64.2 Å². The van der Waals surface area contributed by atoms with Gasteiger partial charge in [-0.1, -0.05) is 189 Å². The largest absolute Gasteiger partial charge is 0.462 e. The highest BCUT2D eigenvalue weighted by Gasteiger charge is 2.19. The minimum Gasteiger partial charge on any atom is -0.462 e. The van der Waals surface area contributed by atoms with Crippen molar-refractivity contribution in [2.24, 2.45) is 0 Å². The lowest BCUT2D eigenvalue weighted by atomic mass is 10.1. The number of allylic oxidation sites excluding steroid dienone is 14. The van der Waals surface area contributed by atoms with Crippen LogP contribution in [0.2, 0.25) is 0 Å². The van der Waals surface area contributed by atoms with E-state index in [1.165, 1.54) is 109 Å². The number of hydrogen-bond acceptors (Lipinski definition) is 6. The summed E-state index contributed by atoms with van der Waals surface area (Å²) < 4.78 is 16.7. The van der Waals surface area contributed by atoms with Crippen molar-refractivity contribution in [1.29, 1.82) is 0 Å². The summed E-state index contributed by atoms with van der Waals surface area (Å²) in [5.41, 5.74) is 0. The van der Waals surface area contributed by atoms with Gasteiger partial charge in [0.05, 0.1) is 0 Å². The van der Waals surface area contributed by atoms with Crippen LogP contribution in [-0.2, 0) is 28.6 Å². The van der Waals surface area contributed by atoms with Crippen molar-refractivity contribution in [1.82, 2.24) is 0 Å². The average molecular weight is 849 g/mol. The fraction of sp³-hybridized carbons (Fsp3) is 0.691. The second-order valence-corrected chi connectivity index (χ2v) is 16.3. The molecule has 0 aliphatic heterocycles. The van der Waals surface area contributed by atoms with Crippen LogP contribution in [0.3, 0.4) is 0 Å². The molecule has 0 spiro atoms. The van der Waals surface area contributed by atoms with Crippen molar-refractivity contribution < 1.29 is 28.6 Å². The number of rotatable bonds is 44. The highest BCUT2D eigenvalue weighted by molar-refractivity contribution is 5.71. The zero-order valence-electron chi connectivity index (χ0n) is 39.7. The van der Waals surface area contributed by atoms with Crippen LogP contribution in [0, 0.1) is 0 Å². The van der Waals surface area contributed by atoms with Gasteiger partial charge in [0.25, 0.3) is 0 Å². The molecule has 0 saturated heterocycles. The lowest BCUT2D eigenvalue weighted by molar-refractivity contribution is -0.167. The molecule has 6 nitrogen and oxygen atoms in total. The summed E-state index contributed by atoms with van der Waals surface area (Å²) in [6, 6.07) is 0. The third-order valence-corrected chi connectivity index (χ3v) is 10.4. The highest BCUT2D eigenvalue weighted by atomic mass is 16.6. The molecule has 1 atom stereocenters. The molecule has 0 heterocycles. The Bertz CT molecular complexity index is 1200. The maximum atomic E-state index is 12.8. The average Bonchev–Trinajstić information content (AvgIpc) is 3.26. The smallest absolute Gasteiger partial charge is 0.306 e. The van der Waals surface area contributed by atoms with Crippen LogP contribution in [0.1, 0.15) is 226 Å². The number of carbonyl (C=O) groups is 3. The zero-order chi connectivity index (χ0) is 44.4. The Kier molecular flexibility index (Phi) is 46.5. The second kappa shape index (κ2) is 49.2. The minimum absolute atomic E-state index is 0.121. The van der Waals surface area contributed by atoms with Gasteiger partial charge in [-0.05, 0) is 103 Å². The van der Waals surface area contributed by atoms with Crippen LogP contribution in [0.4, 0.5) is 0 Å². The summed E-state index contributed by atoms with van der Waals surface area (Å²) in [6.45, 7) is 6.39. The predicted molar refractivity (Wildman–Crippen MR) is 261 cm³/mol. The molecule has 61 heavy (non-hydrogen) atoms. The first kappa shape index (κ1) is 57.6. The van der Waals surface area contributed by atoms with Gasteiger partial charge in [-0.25, -0.2) is 0 Å². The quantitative estimate of drug-likeness (QED) is 0.0263. The third kappa shape index (κ3) is 47.5. The van der Waals surface area contributed by atoms with Gasteiger partial charge in [0.1, 0.15) is 13.2 Å². The Morgan fingerprint density at radius 2 is 0.656 bits per heavy atom. The normalized spacial score (nSPS) is 12.8. The summed E-state index contributed by atoms with van der Waals surface area (Å²) in [5, 5.41) is 0. The fourth-order valence-corrected chi connectivity index (χ4v) is 6.59. The van der Waals surface area contributed by atoms with Gasteiger partial charge in [0.2, 0.25) is 0 Å². The number of ether oxygens (including phenoxy) is 3. The molecule has 0 aromatic rings. The summed E-state index contributed by atoms with van der Waals surface area (Å²) in [7, 11) is 0. The Labute approximate surface area is 375 Å². The molecule has 0 aromatic carbocycles. The van der Waals surface area contributed by atoms with Crippen molar-refractivity contribution in [3.63, 3.8) is 0 Å². The van der Waals surface area contributed by atoms with Gasteiger partial charge in [-0.15, -0.1) is 0 Å². The van der Waals surface area contributed by atoms with Crippen LogP contribution in [0.15, 0.2) is 85.1 Å². The Hall–Kier alpha value is -3.41. The Morgan fingerprint density at radius 1 is 0.344 bits per heavy atom. The van der Waals surface area contributed by atoms with Gasteiger partial charge in [0, 0.05) is 19.3 Å². The molecule has 0 saturated carbocycles. The van der Waals surface area contributed by atoms with Gasteiger partial charge in [-0.2, -0.15) is 0 Å². The lowest BCUT2D eigenvalue weighted by Crippen LogP contribution is -2.30. The van der Waals surface area contributed by atoms with E-state index < -0.39 is 6.10 Å². The molecule has 0 bridgehead atoms.